The smallest absolute Gasteiger partial charge is 0.229 e. The second-order valence-electron chi connectivity index (χ2n) is 6.79. The van der Waals surface area contributed by atoms with Crippen LogP contribution in [0.3, 0.4) is 0 Å². The highest BCUT2D eigenvalue weighted by Crippen LogP contribution is 2.24. The van der Waals surface area contributed by atoms with E-state index in [-0.39, 0.29) is 12.1 Å². The third kappa shape index (κ3) is 3.12. The number of ether oxygens (including phenoxy) is 1. The molecule has 3 aromatic heterocycles. The predicted molar refractivity (Wildman–Crippen MR) is 103 cm³/mol. The van der Waals surface area contributed by atoms with Gasteiger partial charge in [-0.05, 0) is 12.1 Å². The molecule has 4 aromatic rings. The number of H-pyrrole nitrogens is 1. The zero-order chi connectivity index (χ0) is 20.0. The van der Waals surface area contributed by atoms with Crippen LogP contribution in [0.1, 0.15) is 5.82 Å². The number of aryl methyl sites for hydroxylation is 1. The Morgan fingerprint density at radius 1 is 1.14 bits per heavy atom. The molecule has 1 fully saturated rings. The van der Waals surface area contributed by atoms with E-state index in [4.69, 9.17) is 4.74 Å². The lowest BCUT2D eigenvalue weighted by atomic mass is 10.3. The Kier molecular flexibility index (Phi) is 4.23. The maximum Gasteiger partial charge on any atom is 0.229 e. The van der Waals surface area contributed by atoms with Crippen molar-refractivity contribution in [2.75, 3.05) is 36.5 Å². The van der Waals surface area contributed by atoms with Crippen molar-refractivity contribution in [1.29, 1.82) is 0 Å². The Morgan fingerprint density at radius 3 is 2.79 bits per heavy atom. The molecule has 0 bridgehead atoms. The molecule has 1 aromatic carbocycles. The summed E-state index contributed by atoms with van der Waals surface area (Å²) in [7, 11) is 1.87. The van der Waals surface area contributed by atoms with Gasteiger partial charge in [0.25, 0.3) is 0 Å². The number of aromatic amines is 1. The Balaban J connectivity index is 1.47. The molecule has 0 radical (unpaired) electrons. The minimum atomic E-state index is -0.964. The van der Waals surface area contributed by atoms with E-state index in [1.165, 1.54) is 6.07 Å². The van der Waals surface area contributed by atoms with Crippen LogP contribution in [0.15, 0.2) is 18.5 Å². The number of hydrogen-bond donors (Lipinski definition) is 2. The zero-order valence-electron chi connectivity index (χ0n) is 15.6. The molecule has 0 spiro atoms. The fraction of sp³-hybridized carbons (Fsp3) is 0.333. The summed E-state index contributed by atoms with van der Waals surface area (Å²) in [6.45, 7) is 2.89. The summed E-state index contributed by atoms with van der Waals surface area (Å²) in [5, 5.41) is 3.20. The Labute approximate surface area is 163 Å². The van der Waals surface area contributed by atoms with E-state index in [0.717, 1.165) is 6.07 Å². The first-order valence-corrected chi connectivity index (χ1v) is 9.18. The van der Waals surface area contributed by atoms with E-state index in [2.05, 4.69) is 35.1 Å². The quantitative estimate of drug-likeness (QED) is 0.541. The third-order valence-electron chi connectivity index (χ3n) is 4.86. The molecular formula is C18H18F2N8O. The Hall–Kier alpha value is -3.34. The maximum atomic E-state index is 13.9. The molecule has 11 heteroatoms. The number of nitrogens with one attached hydrogen (secondary N) is 2. The molecule has 2 N–H and O–H groups in total. The molecule has 29 heavy (non-hydrogen) atoms. The first kappa shape index (κ1) is 17.7. The van der Waals surface area contributed by atoms with E-state index in [1.54, 1.807) is 6.33 Å². The van der Waals surface area contributed by atoms with Gasteiger partial charge in [-0.3, -0.25) is 0 Å². The summed E-state index contributed by atoms with van der Waals surface area (Å²) in [6, 6.07) is 2.53. The topological polar surface area (TPSA) is 96.8 Å². The van der Waals surface area contributed by atoms with E-state index in [0.29, 0.717) is 60.6 Å². The first-order chi connectivity index (χ1) is 14.1. The molecule has 5 rings (SSSR count). The summed E-state index contributed by atoms with van der Waals surface area (Å²) >= 11 is 0. The maximum absolute atomic E-state index is 13.9. The molecule has 150 valence electrons. The molecular weight excluding hydrogens is 382 g/mol. The lowest BCUT2D eigenvalue weighted by molar-refractivity contribution is 0.122. The third-order valence-corrected chi connectivity index (χ3v) is 4.86. The molecule has 9 nitrogen and oxygen atoms in total. The van der Waals surface area contributed by atoms with Gasteiger partial charge in [0.05, 0.1) is 31.6 Å². The molecule has 0 unspecified atom stereocenters. The number of morpholine rings is 1. The van der Waals surface area contributed by atoms with Crippen LogP contribution in [0.2, 0.25) is 0 Å². The van der Waals surface area contributed by atoms with Crippen LogP contribution in [0.4, 0.5) is 20.5 Å². The first-order valence-electron chi connectivity index (χ1n) is 9.18. The second kappa shape index (κ2) is 6.92. The minimum absolute atomic E-state index is 0.0264. The van der Waals surface area contributed by atoms with Gasteiger partial charge in [0.15, 0.2) is 28.6 Å². The number of fused-ring (bicyclic) bond motifs is 2. The fourth-order valence-corrected chi connectivity index (χ4v) is 3.34. The van der Waals surface area contributed by atoms with Gasteiger partial charge in [-0.1, -0.05) is 0 Å². The van der Waals surface area contributed by atoms with Crippen LogP contribution in [-0.2, 0) is 18.3 Å². The number of rotatable bonds is 4. The van der Waals surface area contributed by atoms with Gasteiger partial charge >= 0.3 is 0 Å². The van der Waals surface area contributed by atoms with Gasteiger partial charge in [-0.15, -0.1) is 0 Å². The average Bonchev–Trinajstić information content (AvgIpc) is 3.34. The number of anilines is 2. The number of halogens is 2. The van der Waals surface area contributed by atoms with E-state index in [1.807, 2.05) is 11.6 Å². The van der Waals surface area contributed by atoms with Crippen molar-refractivity contribution in [2.24, 2.45) is 7.05 Å². The van der Waals surface area contributed by atoms with Crippen LogP contribution < -0.4 is 10.2 Å². The normalized spacial score (nSPS) is 14.8. The largest absolute Gasteiger partial charge is 0.378 e. The number of nitrogens with zero attached hydrogens (tertiary/aromatic N) is 6. The summed E-state index contributed by atoms with van der Waals surface area (Å²) in [5.41, 5.74) is 1.72. The van der Waals surface area contributed by atoms with Crippen LogP contribution in [-0.4, -0.2) is 55.8 Å². The highest BCUT2D eigenvalue weighted by atomic mass is 19.2. The number of aromatic nitrogens is 6. The summed E-state index contributed by atoms with van der Waals surface area (Å²) in [4.78, 5) is 22.8. The van der Waals surface area contributed by atoms with Crippen molar-refractivity contribution in [2.45, 2.75) is 6.54 Å². The van der Waals surface area contributed by atoms with Gasteiger partial charge < -0.3 is 24.5 Å². The molecule has 1 aliphatic rings. The highest BCUT2D eigenvalue weighted by Gasteiger charge is 2.19. The van der Waals surface area contributed by atoms with Gasteiger partial charge in [0.2, 0.25) is 5.95 Å². The number of hydrogen-bond acceptors (Lipinski definition) is 7. The monoisotopic (exact) mass is 400 g/mol. The number of benzene rings is 1. The van der Waals surface area contributed by atoms with E-state index < -0.39 is 11.6 Å². The van der Waals surface area contributed by atoms with Crippen molar-refractivity contribution < 1.29 is 13.5 Å². The predicted octanol–water partition coefficient (Wildman–Crippen LogP) is 1.97. The van der Waals surface area contributed by atoms with Crippen molar-refractivity contribution in [1.82, 2.24) is 29.5 Å². The molecule has 0 aliphatic carbocycles. The van der Waals surface area contributed by atoms with Crippen LogP contribution in [0.5, 0.6) is 0 Å². The van der Waals surface area contributed by atoms with Gasteiger partial charge in [0.1, 0.15) is 11.3 Å². The molecule has 0 atom stereocenters. The molecule has 0 amide bonds. The van der Waals surface area contributed by atoms with Gasteiger partial charge in [-0.25, -0.2) is 18.7 Å². The van der Waals surface area contributed by atoms with Crippen molar-refractivity contribution in [3.8, 4) is 0 Å². The average molecular weight is 400 g/mol. The lowest BCUT2D eigenvalue weighted by Crippen LogP contribution is -2.37. The summed E-state index contributed by atoms with van der Waals surface area (Å²) in [5.74, 6) is -0.299. The molecule has 0 saturated carbocycles. The number of imidazole rings is 2. The van der Waals surface area contributed by atoms with Gasteiger partial charge in [0, 0.05) is 20.1 Å². The fourth-order valence-electron chi connectivity index (χ4n) is 3.34. The minimum Gasteiger partial charge on any atom is -0.378 e. The SMILES string of the molecule is Cn1cnc2c(NCc3nc4c(F)c(F)ccc4[nH]3)nc(N3CCOCC3)nc21. The van der Waals surface area contributed by atoms with Crippen LogP contribution in [0, 0.1) is 11.6 Å². The Bertz CT molecular complexity index is 1200. The lowest BCUT2D eigenvalue weighted by Gasteiger charge is -2.27. The Morgan fingerprint density at radius 2 is 1.97 bits per heavy atom. The summed E-state index contributed by atoms with van der Waals surface area (Å²) < 4.78 is 34.6. The van der Waals surface area contributed by atoms with Crippen LogP contribution >= 0.6 is 0 Å². The van der Waals surface area contributed by atoms with Crippen molar-refractivity contribution >= 4 is 34.0 Å². The standard InChI is InChI=1S/C18H18F2N8O/c1-27-9-22-15-16(25-18(26-17(15)27)28-4-6-29-7-5-28)21-8-12-23-11-3-2-10(19)13(20)14(11)24-12/h2-3,9H,4-8H2,1H3,(H,23,24)(H,21,25,26). The van der Waals surface area contributed by atoms with Crippen molar-refractivity contribution in [3.63, 3.8) is 0 Å². The van der Waals surface area contributed by atoms with Crippen molar-refractivity contribution in [3.05, 3.63) is 35.9 Å². The molecule has 1 saturated heterocycles. The highest BCUT2D eigenvalue weighted by molar-refractivity contribution is 5.84. The zero-order valence-corrected chi connectivity index (χ0v) is 15.6. The molecule has 4 heterocycles. The molecule has 1 aliphatic heterocycles. The second-order valence-corrected chi connectivity index (χ2v) is 6.79. The summed E-state index contributed by atoms with van der Waals surface area (Å²) in [6.07, 6.45) is 1.67. The van der Waals surface area contributed by atoms with E-state index >= 15 is 0 Å². The van der Waals surface area contributed by atoms with Gasteiger partial charge in [-0.2, -0.15) is 9.97 Å². The van der Waals surface area contributed by atoms with E-state index in [9.17, 15) is 8.78 Å². The van der Waals surface area contributed by atoms with Crippen LogP contribution in [0.25, 0.3) is 22.2 Å².